The summed E-state index contributed by atoms with van der Waals surface area (Å²) in [6.45, 7) is 4.25. The van der Waals surface area contributed by atoms with Crippen molar-refractivity contribution in [3.63, 3.8) is 0 Å². The van der Waals surface area contributed by atoms with Gasteiger partial charge in [-0.25, -0.2) is 0 Å². The van der Waals surface area contributed by atoms with Crippen molar-refractivity contribution >= 4 is 0 Å². The Morgan fingerprint density at radius 1 is 1.35 bits per heavy atom. The van der Waals surface area contributed by atoms with Gasteiger partial charge in [0.2, 0.25) is 0 Å². The molecule has 0 aliphatic carbocycles. The van der Waals surface area contributed by atoms with E-state index in [-0.39, 0.29) is 0 Å². The van der Waals surface area contributed by atoms with Gasteiger partial charge in [-0.05, 0) is 32.0 Å². The minimum atomic E-state index is -0.638. The van der Waals surface area contributed by atoms with E-state index in [1.54, 1.807) is 0 Å². The summed E-state index contributed by atoms with van der Waals surface area (Å²) >= 11 is 0. The van der Waals surface area contributed by atoms with E-state index in [0.717, 1.165) is 37.9 Å². The molecule has 17 heavy (non-hydrogen) atoms. The second kappa shape index (κ2) is 5.19. The monoisotopic (exact) mass is 233 g/mol. The summed E-state index contributed by atoms with van der Waals surface area (Å²) < 4.78 is 0. The van der Waals surface area contributed by atoms with E-state index >= 15 is 0 Å². The zero-order chi connectivity index (χ0) is 12.3. The highest BCUT2D eigenvalue weighted by atomic mass is 16.3. The van der Waals surface area contributed by atoms with Crippen LogP contribution in [0.5, 0.6) is 0 Å². The van der Waals surface area contributed by atoms with Crippen LogP contribution in [0.25, 0.3) is 0 Å². The molecule has 0 aromatic heterocycles. The highest BCUT2D eigenvalue weighted by molar-refractivity contribution is 5.23. The Kier molecular flexibility index (Phi) is 3.85. The van der Waals surface area contributed by atoms with Gasteiger partial charge in [0, 0.05) is 12.5 Å². The van der Waals surface area contributed by atoms with E-state index in [2.05, 4.69) is 31.0 Å². The molecular weight excluding hydrogens is 210 g/mol. The zero-order valence-electron chi connectivity index (χ0n) is 10.9. The van der Waals surface area contributed by atoms with Crippen molar-refractivity contribution in [1.29, 1.82) is 0 Å². The third kappa shape index (κ3) is 2.53. The molecule has 2 nitrogen and oxygen atoms in total. The molecule has 94 valence electrons. The topological polar surface area (TPSA) is 23.5 Å². The van der Waals surface area contributed by atoms with E-state index < -0.39 is 5.60 Å². The van der Waals surface area contributed by atoms with Crippen LogP contribution in [-0.2, 0) is 5.60 Å². The molecule has 0 unspecified atom stereocenters. The first-order chi connectivity index (χ1) is 8.16. The Bertz CT molecular complexity index is 351. The molecule has 1 fully saturated rings. The SMILES string of the molecule is CCC[C@@](O)(c1ccccc1)[C@@H]1CCN(C)C1. The molecule has 2 rings (SSSR count). The van der Waals surface area contributed by atoms with Gasteiger partial charge in [-0.3, -0.25) is 0 Å². The minimum Gasteiger partial charge on any atom is -0.385 e. The van der Waals surface area contributed by atoms with Gasteiger partial charge < -0.3 is 10.0 Å². The van der Waals surface area contributed by atoms with Crippen molar-refractivity contribution in [2.45, 2.75) is 31.8 Å². The van der Waals surface area contributed by atoms with Crippen LogP contribution in [0.1, 0.15) is 31.7 Å². The van der Waals surface area contributed by atoms with Crippen LogP contribution in [0.3, 0.4) is 0 Å². The fraction of sp³-hybridized carbons (Fsp3) is 0.600. The number of nitrogens with zero attached hydrogens (tertiary/aromatic N) is 1. The van der Waals surface area contributed by atoms with E-state index in [1.165, 1.54) is 0 Å². The van der Waals surface area contributed by atoms with Crippen LogP contribution in [0.2, 0.25) is 0 Å². The number of benzene rings is 1. The Hall–Kier alpha value is -0.860. The van der Waals surface area contributed by atoms with Gasteiger partial charge >= 0.3 is 0 Å². The summed E-state index contributed by atoms with van der Waals surface area (Å²) in [5.74, 6) is 0.370. The van der Waals surface area contributed by atoms with Crippen LogP contribution in [0.4, 0.5) is 0 Å². The van der Waals surface area contributed by atoms with Crippen molar-refractivity contribution in [1.82, 2.24) is 4.90 Å². The lowest BCUT2D eigenvalue weighted by Crippen LogP contribution is -2.36. The predicted octanol–water partition coefficient (Wildman–Crippen LogP) is 2.63. The molecule has 1 saturated heterocycles. The predicted molar refractivity (Wildman–Crippen MR) is 70.9 cm³/mol. The van der Waals surface area contributed by atoms with E-state index in [0.29, 0.717) is 5.92 Å². The van der Waals surface area contributed by atoms with Crippen molar-refractivity contribution in [3.05, 3.63) is 35.9 Å². The van der Waals surface area contributed by atoms with Crippen LogP contribution in [0, 0.1) is 5.92 Å². The van der Waals surface area contributed by atoms with Crippen LogP contribution in [0.15, 0.2) is 30.3 Å². The minimum absolute atomic E-state index is 0.370. The molecule has 1 N–H and O–H groups in total. The quantitative estimate of drug-likeness (QED) is 0.864. The summed E-state index contributed by atoms with van der Waals surface area (Å²) in [6.07, 6.45) is 2.98. The average molecular weight is 233 g/mol. The normalized spacial score (nSPS) is 24.8. The van der Waals surface area contributed by atoms with Gasteiger partial charge in [0.1, 0.15) is 0 Å². The molecule has 1 heterocycles. The van der Waals surface area contributed by atoms with Gasteiger partial charge in [0.05, 0.1) is 5.60 Å². The Labute approximate surface area is 104 Å². The zero-order valence-corrected chi connectivity index (χ0v) is 10.9. The maximum atomic E-state index is 11.1. The summed E-state index contributed by atoms with van der Waals surface area (Å²) in [4.78, 5) is 2.31. The third-order valence-corrected chi connectivity index (χ3v) is 3.97. The Morgan fingerprint density at radius 3 is 2.59 bits per heavy atom. The fourth-order valence-electron chi connectivity index (χ4n) is 3.02. The number of hydrogen-bond acceptors (Lipinski definition) is 2. The first kappa shape index (κ1) is 12.6. The molecular formula is C15H23NO. The molecule has 1 aromatic rings. The highest BCUT2D eigenvalue weighted by Gasteiger charge is 2.40. The first-order valence-electron chi connectivity index (χ1n) is 6.63. The first-order valence-corrected chi connectivity index (χ1v) is 6.63. The van der Waals surface area contributed by atoms with Gasteiger partial charge in [0.25, 0.3) is 0 Å². The Balaban J connectivity index is 2.26. The van der Waals surface area contributed by atoms with E-state index in [1.807, 2.05) is 18.2 Å². The van der Waals surface area contributed by atoms with Crippen molar-refractivity contribution in [2.75, 3.05) is 20.1 Å². The number of likely N-dealkylation sites (tertiary alicyclic amines) is 1. The largest absolute Gasteiger partial charge is 0.385 e. The second-order valence-corrected chi connectivity index (χ2v) is 5.29. The Morgan fingerprint density at radius 2 is 2.06 bits per heavy atom. The summed E-state index contributed by atoms with van der Waals surface area (Å²) in [5.41, 5.74) is 0.447. The third-order valence-electron chi connectivity index (χ3n) is 3.97. The van der Waals surface area contributed by atoms with Crippen LogP contribution < -0.4 is 0 Å². The molecule has 0 radical (unpaired) electrons. The second-order valence-electron chi connectivity index (χ2n) is 5.29. The maximum Gasteiger partial charge on any atom is 0.0937 e. The van der Waals surface area contributed by atoms with Crippen molar-refractivity contribution < 1.29 is 5.11 Å². The summed E-state index contributed by atoms with van der Waals surface area (Å²) in [7, 11) is 2.14. The maximum absolute atomic E-state index is 11.1. The van der Waals surface area contributed by atoms with Crippen molar-refractivity contribution in [3.8, 4) is 0 Å². The van der Waals surface area contributed by atoms with Gasteiger partial charge in [0.15, 0.2) is 0 Å². The number of hydrogen-bond donors (Lipinski definition) is 1. The lowest BCUT2D eigenvalue weighted by Gasteiger charge is -2.34. The summed E-state index contributed by atoms with van der Waals surface area (Å²) in [5, 5.41) is 11.1. The van der Waals surface area contributed by atoms with E-state index in [4.69, 9.17) is 0 Å². The molecule has 1 aliphatic rings. The average Bonchev–Trinajstić information content (AvgIpc) is 2.78. The summed E-state index contributed by atoms with van der Waals surface area (Å²) in [6, 6.07) is 10.2. The van der Waals surface area contributed by atoms with Crippen LogP contribution >= 0.6 is 0 Å². The molecule has 2 atom stereocenters. The smallest absolute Gasteiger partial charge is 0.0937 e. The van der Waals surface area contributed by atoms with Gasteiger partial charge in [-0.15, -0.1) is 0 Å². The standard InChI is InChI=1S/C15H23NO/c1-3-10-15(17,13-7-5-4-6-8-13)14-9-11-16(2)12-14/h4-8,14,17H,3,9-12H2,1-2H3/t14-,15-/m1/s1. The molecule has 0 amide bonds. The van der Waals surface area contributed by atoms with Gasteiger partial charge in [-0.1, -0.05) is 43.7 Å². The lowest BCUT2D eigenvalue weighted by atomic mass is 9.77. The number of rotatable bonds is 4. The molecule has 0 spiro atoms. The van der Waals surface area contributed by atoms with E-state index in [9.17, 15) is 5.11 Å². The molecule has 0 bridgehead atoms. The molecule has 0 saturated carbocycles. The number of aliphatic hydroxyl groups is 1. The molecule has 1 aromatic carbocycles. The highest BCUT2D eigenvalue weighted by Crippen LogP contribution is 2.38. The fourth-order valence-corrected chi connectivity index (χ4v) is 3.02. The van der Waals surface area contributed by atoms with Crippen LogP contribution in [-0.4, -0.2) is 30.1 Å². The molecule has 1 aliphatic heterocycles. The molecule has 2 heteroatoms. The lowest BCUT2D eigenvalue weighted by molar-refractivity contribution is -0.0284. The van der Waals surface area contributed by atoms with Gasteiger partial charge in [-0.2, -0.15) is 0 Å². The van der Waals surface area contributed by atoms with Crippen molar-refractivity contribution in [2.24, 2.45) is 5.92 Å².